The molecule has 1 heterocycles. The number of hydrogen-bond acceptors (Lipinski definition) is 3. The van der Waals surface area contributed by atoms with E-state index in [0.717, 1.165) is 34.6 Å². The van der Waals surface area contributed by atoms with Crippen molar-refractivity contribution < 1.29 is 14.3 Å². The minimum atomic E-state index is -0.325. The first-order chi connectivity index (χ1) is 12.7. The number of aryl methyl sites for hydroxylation is 1. The second kappa shape index (κ2) is 7.63. The standard InChI is InChI=1S/C23H29NO3/c1-15(2)17-11-10-16(3)12-21(17)26-14-22(25)24-19-13-23(4,5)27-20-9-7-6-8-18(19)20/h6-12,15,19H,13-14H2,1-5H3,(H,24,25)/t19-/m0/s1. The van der Waals surface area contributed by atoms with Crippen LogP contribution >= 0.6 is 0 Å². The third kappa shape index (κ3) is 4.62. The lowest BCUT2D eigenvalue weighted by molar-refractivity contribution is -0.124. The van der Waals surface area contributed by atoms with E-state index in [1.807, 2.05) is 51.1 Å². The molecular weight excluding hydrogens is 338 g/mol. The molecule has 0 unspecified atom stereocenters. The Morgan fingerprint density at radius 1 is 1.26 bits per heavy atom. The van der Waals surface area contributed by atoms with Crippen LogP contribution < -0.4 is 14.8 Å². The molecule has 4 heteroatoms. The Labute approximate surface area is 161 Å². The van der Waals surface area contributed by atoms with Gasteiger partial charge in [0.2, 0.25) is 0 Å². The summed E-state index contributed by atoms with van der Waals surface area (Å²) in [5.74, 6) is 1.84. The van der Waals surface area contributed by atoms with Crippen molar-refractivity contribution in [1.82, 2.24) is 5.32 Å². The zero-order valence-electron chi connectivity index (χ0n) is 16.8. The van der Waals surface area contributed by atoms with Crippen LogP contribution in [0.2, 0.25) is 0 Å². The molecule has 4 nitrogen and oxygen atoms in total. The number of amides is 1. The number of nitrogens with one attached hydrogen (secondary N) is 1. The van der Waals surface area contributed by atoms with Gasteiger partial charge >= 0.3 is 0 Å². The molecular formula is C23H29NO3. The minimum absolute atomic E-state index is 0.00310. The molecule has 0 fully saturated rings. The smallest absolute Gasteiger partial charge is 0.258 e. The number of para-hydroxylation sites is 1. The van der Waals surface area contributed by atoms with Crippen molar-refractivity contribution in [2.75, 3.05) is 6.61 Å². The van der Waals surface area contributed by atoms with Gasteiger partial charge in [0.1, 0.15) is 17.1 Å². The Bertz CT molecular complexity index is 826. The minimum Gasteiger partial charge on any atom is -0.487 e. The first-order valence-electron chi connectivity index (χ1n) is 9.56. The Hall–Kier alpha value is -2.49. The molecule has 0 spiro atoms. The Kier molecular flexibility index (Phi) is 5.45. The fourth-order valence-electron chi connectivity index (χ4n) is 3.55. The van der Waals surface area contributed by atoms with Gasteiger partial charge in [-0.1, -0.05) is 44.2 Å². The highest BCUT2D eigenvalue weighted by Crippen LogP contribution is 2.39. The lowest BCUT2D eigenvalue weighted by Gasteiger charge is -2.37. The van der Waals surface area contributed by atoms with Crippen LogP contribution in [0.1, 0.15) is 62.8 Å². The molecule has 1 atom stereocenters. The summed E-state index contributed by atoms with van der Waals surface area (Å²) in [5, 5.41) is 3.12. The monoisotopic (exact) mass is 367 g/mol. The van der Waals surface area contributed by atoms with Crippen LogP contribution in [0.4, 0.5) is 0 Å². The largest absolute Gasteiger partial charge is 0.487 e. The second-order valence-corrected chi connectivity index (χ2v) is 8.21. The number of benzene rings is 2. The van der Waals surface area contributed by atoms with E-state index in [9.17, 15) is 4.79 Å². The second-order valence-electron chi connectivity index (χ2n) is 8.21. The van der Waals surface area contributed by atoms with E-state index in [1.165, 1.54) is 0 Å². The zero-order chi connectivity index (χ0) is 19.6. The molecule has 2 aromatic carbocycles. The Morgan fingerprint density at radius 2 is 2.00 bits per heavy atom. The molecule has 1 N–H and O–H groups in total. The van der Waals surface area contributed by atoms with E-state index in [-0.39, 0.29) is 24.2 Å². The van der Waals surface area contributed by atoms with Crippen LogP contribution in [-0.4, -0.2) is 18.1 Å². The summed E-state index contributed by atoms with van der Waals surface area (Å²) in [4.78, 5) is 12.6. The molecule has 1 aliphatic heterocycles. The van der Waals surface area contributed by atoms with E-state index >= 15 is 0 Å². The average Bonchev–Trinajstić information content (AvgIpc) is 2.58. The highest BCUT2D eigenvalue weighted by atomic mass is 16.5. The molecule has 144 valence electrons. The number of rotatable bonds is 5. The molecule has 0 radical (unpaired) electrons. The number of carbonyl (C=O) groups excluding carboxylic acids is 1. The topological polar surface area (TPSA) is 47.6 Å². The molecule has 0 saturated carbocycles. The third-order valence-electron chi connectivity index (χ3n) is 4.86. The summed E-state index contributed by atoms with van der Waals surface area (Å²) in [5.41, 5.74) is 2.93. The Morgan fingerprint density at radius 3 is 2.74 bits per heavy atom. The van der Waals surface area contributed by atoms with Gasteiger partial charge in [-0.05, 0) is 49.9 Å². The fourth-order valence-corrected chi connectivity index (χ4v) is 3.55. The van der Waals surface area contributed by atoms with Crippen molar-refractivity contribution in [2.45, 2.75) is 58.6 Å². The van der Waals surface area contributed by atoms with Crippen LogP contribution in [0, 0.1) is 6.92 Å². The van der Waals surface area contributed by atoms with Crippen molar-refractivity contribution in [3.05, 3.63) is 59.2 Å². The van der Waals surface area contributed by atoms with Crippen molar-refractivity contribution in [2.24, 2.45) is 0 Å². The van der Waals surface area contributed by atoms with Gasteiger partial charge < -0.3 is 14.8 Å². The zero-order valence-corrected chi connectivity index (χ0v) is 16.8. The molecule has 0 aliphatic carbocycles. The first-order valence-corrected chi connectivity index (χ1v) is 9.56. The van der Waals surface area contributed by atoms with E-state index in [4.69, 9.17) is 9.47 Å². The van der Waals surface area contributed by atoms with Crippen molar-refractivity contribution in [3.63, 3.8) is 0 Å². The van der Waals surface area contributed by atoms with Gasteiger partial charge in [-0.15, -0.1) is 0 Å². The molecule has 0 bridgehead atoms. The summed E-state index contributed by atoms with van der Waals surface area (Å²) in [6.07, 6.45) is 0.720. The summed E-state index contributed by atoms with van der Waals surface area (Å²) in [6.45, 7) is 10.4. The average molecular weight is 367 g/mol. The lowest BCUT2D eigenvalue weighted by atomic mass is 9.89. The normalized spacial score (nSPS) is 17.8. The maximum absolute atomic E-state index is 12.6. The molecule has 0 saturated heterocycles. The van der Waals surface area contributed by atoms with Crippen molar-refractivity contribution in [3.8, 4) is 11.5 Å². The van der Waals surface area contributed by atoms with Gasteiger partial charge in [0.05, 0.1) is 6.04 Å². The summed E-state index contributed by atoms with van der Waals surface area (Å²) < 4.78 is 11.9. The molecule has 2 aromatic rings. The molecule has 1 amide bonds. The van der Waals surface area contributed by atoms with Gasteiger partial charge in [-0.3, -0.25) is 4.79 Å². The van der Waals surface area contributed by atoms with Crippen LogP contribution in [0.3, 0.4) is 0 Å². The van der Waals surface area contributed by atoms with E-state index in [1.54, 1.807) is 0 Å². The van der Waals surface area contributed by atoms with Gasteiger partial charge in [0, 0.05) is 12.0 Å². The van der Waals surface area contributed by atoms with Gasteiger partial charge in [-0.25, -0.2) is 0 Å². The quantitative estimate of drug-likeness (QED) is 0.816. The van der Waals surface area contributed by atoms with Gasteiger partial charge in [0.25, 0.3) is 5.91 Å². The lowest BCUT2D eigenvalue weighted by Crippen LogP contribution is -2.42. The maximum Gasteiger partial charge on any atom is 0.258 e. The Balaban J connectivity index is 1.69. The molecule has 0 aromatic heterocycles. The predicted octanol–water partition coefficient (Wildman–Crippen LogP) is 4.92. The SMILES string of the molecule is Cc1ccc(C(C)C)c(OCC(=O)N[C@H]2CC(C)(C)Oc3ccccc32)c1. The van der Waals surface area contributed by atoms with Gasteiger partial charge in [0.15, 0.2) is 6.61 Å². The number of fused-ring (bicyclic) bond motifs is 1. The summed E-state index contributed by atoms with van der Waals surface area (Å²) in [6, 6.07) is 13.9. The number of carbonyl (C=O) groups is 1. The van der Waals surface area contributed by atoms with Crippen molar-refractivity contribution in [1.29, 1.82) is 0 Å². The first kappa shape index (κ1) is 19.3. The van der Waals surface area contributed by atoms with Gasteiger partial charge in [-0.2, -0.15) is 0 Å². The predicted molar refractivity (Wildman–Crippen MR) is 107 cm³/mol. The summed E-state index contributed by atoms with van der Waals surface area (Å²) >= 11 is 0. The van der Waals surface area contributed by atoms with E-state index in [0.29, 0.717) is 5.92 Å². The van der Waals surface area contributed by atoms with Crippen LogP contribution in [-0.2, 0) is 4.79 Å². The number of ether oxygens (including phenoxy) is 2. The van der Waals surface area contributed by atoms with Crippen LogP contribution in [0.5, 0.6) is 11.5 Å². The highest BCUT2D eigenvalue weighted by Gasteiger charge is 2.34. The van der Waals surface area contributed by atoms with Crippen molar-refractivity contribution >= 4 is 5.91 Å². The maximum atomic E-state index is 12.6. The van der Waals surface area contributed by atoms with Crippen LogP contribution in [0.15, 0.2) is 42.5 Å². The third-order valence-corrected chi connectivity index (χ3v) is 4.86. The van der Waals surface area contributed by atoms with E-state index < -0.39 is 0 Å². The molecule has 3 rings (SSSR count). The number of hydrogen-bond donors (Lipinski definition) is 1. The van der Waals surface area contributed by atoms with Crippen LogP contribution in [0.25, 0.3) is 0 Å². The van der Waals surface area contributed by atoms with E-state index in [2.05, 4.69) is 31.3 Å². The highest BCUT2D eigenvalue weighted by molar-refractivity contribution is 5.78. The molecule has 1 aliphatic rings. The molecule has 27 heavy (non-hydrogen) atoms. The fraction of sp³-hybridized carbons (Fsp3) is 0.435. The summed E-state index contributed by atoms with van der Waals surface area (Å²) in [7, 11) is 0.